The minimum absolute atomic E-state index is 1.09. The lowest BCUT2D eigenvalue weighted by atomic mass is 10.1. The molecule has 2 aromatic rings. The third-order valence-electron chi connectivity index (χ3n) is 4.07. The van der Waals surface area contributed by atoms with Crippen molar-refractivity contribution in [3.63, 3.8) is 0 Å². The molecule has 1 aromatic heterocycles. The van der Waals surface area contributed by atoms with Crippen LogP contribution in [0.5, 0.6) is 0 Å². The minimum atomic E-state index is 1.09. The van der Waals surface area contributed by atoms with Crippen molar-refractivity contribution in [2.45, 2.75) is 19.3 Å². The molecule has 20 heavy (non-hydrogen) atoms. The minimum Gasteiger partial charge on any atom is -0.314 e. The highest BCUT2D eigenvalue weighted by Gasteiger charge is 2.08. The number of nitrogens with one attached hydrogen (secondary N) is 1. The lowest BCUT2D eigenvalue weighted by Crippen LogP contribution is -2.43. The maximum Gasteiger partial charge on any atom is 0.0702 e. The van der Waals surface area contributed by atoms with Crippen molar-refractivity contribution in [3.8, 4) is 0 Å². The molecule has 1 aromatic carbocycles. The van der Waals surface area contributed by atoms with E-state index in [0.29, 0.717) is 0 Å². The quantitative estimate of drug-likeness (QED) is 0.845. The number of fused-ring (bicyclic) bond motifs is 1. The van der Waals surface area contributed by atoms with Gasteiger partial charge in [0.15, 0.2) is 0 Å². The summed E-state index contributed by atoms with van der Waals surface area (Å²) >= 11 is 0. The topological polar surface area (TPSA) is 28.2 Å². The number of hydrogen-bond acceptors (Lipinski definition) is 3. The molecule has 1 aliphatic heterocycles. The Hall–Kier alpha value is -1.45. The van der Waals surface area contributed by atoms with Gasteiger partial charge in [-0.05, 0) is 49.6 Å². The van der Waals surface area contributed by atoms with E-state index in [1.807, 2.05) is 12.3 Å². The third-order valence-corrected chi connectivity index (χ3v) is 4.07. The van der Waals surface area contributed by atoms with E-state index in [0.717, 1.165) is 18.6 Å². The van der Waals surface area contributed by atoms with E-state index in [1.54, 1.807) is 0 Å². The van der Waals surface area contributed by atoms with E-state index in [9.17, 15) is 0 Å². The Morgan fingerprint density at radius 2 is 2.00 bits per heavy atom. The molecule has 0 amide bonds. The summed E-state index contributed by atoms with van der Waals surface area (Å²) < 4.78 is 0. The van der Waals surface area contributed by atoms with Gasteiger partial charge in [0.1, 0.15) is 0 Å². The Morgan fingerprint density at radius 3 is 2.90 bits per heavy atom. The predicted octanol–water partition coefficient (Wildman–Crippen LogP) is 2.46. The van der Waals surface area contributed by atoms with Crippen LogP contribution in [0.3, 0.4) is 0 Å². The van der Waals surface area contributed by atoms with Crippen molar-refractivity contribution < 1.29 is 0 Å². The van der Waals surface area contributed by atoms with Gasteiger partial charge >= 0.3 is 0 Å². The van der Waals surface area contributed by atoms with Gasteiger partial charge < -0.3 is 10.2 Å². The van der Waals surface area contributed by atoms with Crippen molar-refractivity contribution in [2.24, 2.45) is 0 Å². The normalized spacial score (nSPS) is 16.6. The number of aryl methyl sites for hydroxylation is 1. The zero-order valence-corrected chi connectivity index (χ0v) is 12.0. The molecular weight excluding hydrogens is 246 g/mol. The van der Waals surface area contributed by atoms with Crippen LogP contribution in [0.15, 0.2) is 36.5 Å². The standard InChI is InChI=1S/C17H23N3/c1(2-11-20-12-9-18-10-13-20)4-15-6-7-17-16(14-15)5-3-8-19-17/h3,5-8,14,18H,1-2,4,9-13H2. The van der Waals surface area contributed by atoms with Gasteiger partial charge in [-0.25, -0.2) is 0 Å². The molecule has 1 N–H and O–H groups in total. The molecule has 3 heteroatoms. The summed E-state index contributed by atoms with van der Waals surface area (Å²) in [6.07, 6.45) is 5.60. The van der Waals surface area contributed by atoms with E-state index in [-0.39, 0.29) is 0 Å². The number of aromatic nitrogens is 1. The number of unbranched alkanes of at least 4 members (excludes halogenated alkanes) is 1. The van der Waals surface area contributed by atoms with Gasteiger partial charge in [0, 0.05) is 37.8 Å². The van der Waals surface area contributed by atoms with Gasteiger partial charge in [-0.1, -0.05) is 12.1 Å². The average molecular weight is 269 g/mol. The van der Waals surface area contributed by atoms with Gasteiger partial charge in [-0.15, -0.1) is 0 Å². The molecule has 1 aliphatic rings. The van der Waals surface area contributed by atoms with Crippen LogP contribution >= 0.6 is 0 Å². The van der Waals surface area contributed by atoms with Gasteiger partial charge in [0.2, 0.25) is 0 Å². The van der Waals surface area contributed by atoms with Gasteiger partial charge in [0.05, 0.1) is 5.52 Å². The Labute approximate surface area is 121 Å². The Bertz CT molecular complexity index is 547. The first-order chi connectivity index (χ1) is 9.92. The second kappa shape index (κ2) is 6.82. The third kappa shape index (κ3) is 3.56. The molecule has 0 unspecified atom stereocenters. The lowest BCUT2D eigenvalue weighted by Gasteiger charge is -2.27. The highest BCUT2D eigenvalue weighted by Crippen LogP contribution is 2.15. The van der Waals surface area contributed by atoms with Crippen molar-refractivity contribution in [1.29, 1.82) is 0 Å². The highest BCUT2D eigenvalue weighted by molar-refractivity contribution is 5.78. The molecule has 0 atom stereocenters. The van der Waals surface area contributed by atoms with Crippen molar-refractivity contribution in [3.05, 3.63) is 42.1 Å². The first-order valence-corrected chi connectivity index (χ1v) is 7.68. The fraction of sp³-hybridized carbons (Fsp3) is 0.471. The molecule has 1 saturated heterocycles. The summed E-state index contributed by atoms with van der Waals surface area (Å²) in [5, 5.41) is 4.66. The molecule has 0 saturated carbocycles. The Balaban J connectivity index is 1.47. The van der Waals surface area contributed by atoms with Crippen molar-refractivity contribution >= 4 is 10.9 Å². The van der Waals surface area contributed by atoms with Crippen LogP contribution in [0.25, 0.3) is 10.9 Å². The molecule has 0 radical (unpaired) electrons. The van der Waals surface area contributed by atoms with E-state index in [4.69, 9.17) is 0 Å². The largest absolute Gasteiger partial charge is 0.314 e. The fourth-order valence-electron chi connectivity index (χ4n) is 2.88. The molecule has 1 fully saturated rings. The number of hydrogen-bond donors (Lipinski definition) is 1. The average Bonchev–Trinajstić information content (AvgIpc) is 2.52. The number of benzene rings is 1. The van der Waals surface area contributed by atoms with Crippen molar-refractivity contribution in [1.82, 2.24) is 15.2 Å². The second-order valence-corrected chi connectivity index (χ2v) is 5.58. The van der Waals surface area contributed by atoms with Crippen LogP contribution in [0.1, 0.15) is 18.4 Å². The first-order valence-electron chi connectivity index (χ1n) is 7.68. The van der Waals surface area contributed by atoms with Gasteiger partial charge in [0.25, 0.3) is 0 Å². The van der Waals surface area contributed by atoms with E-state index < -0.39 is 0 Å². The van der Waals surface area contributed by atoms with Crippen LogP contribution in [-0.2, 0) is 6.42 Å². The summed E-state index contributed by atoms with van der Waals surface area (Å²) in [6.45, 7) is 5.97. The summed E-state index contributed by atoms with van der Waals surface area (Å²) in [6, 6.07) is 10.8. The van der Waals surface area contributed by atoms with Gasteiger partial charge in [-0.3, -0.25) is 4.98 Å². The zero-order valence-electron chi connectivity index (χ0n) is 12.0. The van der Waals surface area contributed by atoms with Crippen LogP contribution in [-0.4, -0.2) is 42.6 Å². The zero-order chi connectivity index (χ0) is 13.6. The van der Waals surface area contributed by atoms with Crippen molar-refractivity contribution in [2.75, 3.05) is 32.7 Å². The summed E-state index contributed by atoms with van der Waals surface area (Å²) in [7, 11) is 0. The fourth-order valence-corrected chi connectivity index (χ4v) is 2.88. The van der Waals surface area contributed by atoms with E-state index in [2.05, 4.69) is 39.5 Å². The smallest absolute Gasteiger partial charge is 0.0702 e. The summed E-state index contributed by atoms with van der Waals surface area (Å²) in [5.74, 6) is 0. The van der Waals surface area contributed by atoms with Crippen LogP contribution in [0.2, 0.25) is 0 Å². The number of nitrogens with zero attached hydrogens (tertiary/aromatic N) is 2. The molecular formula is C17H23N3. The highest BCUT2D eigenvalue weighted by atomic mass is 15.2. The maximum absolute atomic E-state index is 4.37. The maximum atomic E-state index is 4.37. The summed E-state index contributed by atoms with van der Waals surface area (Å²) in [5.41, 5.74) is 2.53. The molecule has 0 bridgehead atoms. The molecule has 106 valence electrons. The number of pyridine rings is 1. The van der Waals surface area contributed by atoms with E-state index >= 15 is 0 Å². The van der Waals surface area contributed by atoms with Crippen LogP contribution in [0, 0.1) is 0 Å². The lowest BCUT2D eigenvalue weighted by molar-refractivity contribution is 0.237. The monoisotopic (exact) mass is 269 g/mol. The molecule has 3 rings (SSSR count). The molecule has 0 aliphatic carbocycles. The van der Waals surface area contributed by atoms with Gasteiger partial charge in [-0.2, -0.15) is 0 Å². The van der Waals surface area contributed by atoms with Crippen LogP contribution in [0.4, 0.5) is 0 Å². The molecule has 3 nitrogen and oxygen atoms in total. The van der Waals surface area contributed by atoms with E-state index in [1.165, 1.54) is 49.8 Å². The second-order valence-electron chi connectivity index (χ2n) is 5.58. The summed E-state index contributed by atoms with van der Waals surface area (Å²) in [4.78, 5) is 6.94. The number of rotatable bonds is 5. The Morgan fingerprint density at radius 1 is 1.10 bits per heavy atom. The van der Waals surface area contributed by atoms with Crippen LogP contribution < -0.4 is 5.32 Å². The first kappa shape index (κ1) is 13.5. The predicted molar refractivity (Wildman–Crippen MR) is 84.0 cm³/mol. The Kier molecular flexibility index (Phi) is 4.61. The SMILES string of the molecule is c1cnc2ccc(CCCCN3CCNCC3)cc2c1. The molecule has 2 heterocycles. The molecule has 0 spiro atoms. The number of piperazine rings is 1.